The lowest BCUT2D eigenvalue weighted by Crippen LogP contribution is -2.47. The van der Waals surface area contributed by atoms with E-state index in [2.05, 4.69) is 21.2 Å². The van der Waals surface area contributed by atoms with Crippen molar-refractivity contribution in [3.63, 3.8) is 0 Å². The Kier molecular flexibility index (Phi) is 5.92. The summed E-state index contributed by atoms with van der Waals surface area (Å²) in [5.41, 5.74) is 2.43. The highest BCUT2D eigenvalue weighted by Gasteiger charge is 2.36. The average molecular weight is 388 g/mol. The number of hydrogen-bond donors (Lipinski definition) is 1. The van der Waals surface area contributed by atoms with Gasteiger partial charge in [-0.1, -0.05) is 15.9 Å². The molecule has 0 radical (unpaired) electrons. The first-order valence-electron chi connectivity index (χ1n) is 7.86. The molecular formula is C17H24BrClN2O. The quantitative estimate of drug-likeness (QED) is 0.795. The average Bonchev–Trinajstić information content (AvgIpc) is 2.51. The molecule has 1 aromatic rings. The van der Waals surface area contributed by atoms with Gasteiger partial charge in [-0.25, -0.2) is 0 Å². The molecule has 2 aliphatic rings. The summed E-state index contributed by atoms with van der Waals surface area (Å²) in [6.07, 6.45) is 4.87. The Balaban J connectivity index is 0.00000176. The first-order valence-corrected chi connectivity index (χ1v) is 8.65. The Hall–Kier alpha value is -0.580. The van der Waals surface area contributed by atoms with Crippen LogP contribution >= 0.6 is 28.3 Å². The molecule has 5 heteroatoms. The monoisotopic (exact) mass is 386 g/mol. The summed E-state index contributed by atoms with van der Waals surface area (Å²) < 4.78 is 1.06. The Bertz CT molecular complexity index is 533. The van der Waals surface area contributed by atoms with Gasteiger partial charge in [0.15, 0.2) is 0 Å². The van der Waals surface area contributed by atoms with E-state index in [1.165, 1.54) is 12.8 Å². The summed E-state index contributed by atoms with van der Waals surface area (Å²) in [4.78, 5) is 14.7. The number of halogens is 2. The van der Waals surface area contributed by atoms with Crippen LogP contribution in [0.5, 0.6) is 0 Å². The maximum Gasteiger partial charge on any atom is 0.253 e. The van der Waals surface area contributed by atoms with Gasteiger partial charge in [-0.05, 0) is 74.9 Å². The molecule has 2 heterocycles. The molecule has 0 saturated carbocycles. The third kappa shape index (κ3) is 3.66. The molecule has 1 spiro atoms. The van der Waals surface area contributed by atoms with Gasteiger partial charge < -0.3 is 10.2 Å². The van der Waals surface area contributed by atoms with E-state index in [0.29, 0.717) is 5.41 Å². The van der Waals surface area contributed by atoms with Crippen LogP contribution < -0.4 is 5.32 Å². The molecule has 0 unspecified atom stereocenters. The van der Waals surface area contributed by atoms with Crippen molar-refractivity contribution in [1.82, 2.24) is 10.2 Å². The zero-order valence-corrected chi connectivity index (χ0v) is 15.4. The van der Waals surface area contributed by atoms with Crippen molar-refractivity contribution in [3.05, 3.63) is 33.8 Å². The van der Waals surface area contributed by atoms with Crippen LogP contribution in [0.1, 0.15) is 41.6 Å². The number of piperidine rings is 2. The van der Waals surface area contributed by atoms with Crippen LogP contribution in [0.25, 0.3) is 0 Å². The third-order valence-electron chi connectivity index (χ3n) is 5.18. The van der Waals surface area contributed by atoms with Gasteiger partial charge in [0.05, 0.1) is 0 Å². The molecule has 1 N–H and O–H groups in total. The van der Waals surface area contributed by atoms with E-state index < -0.39 is 0 Å². The van der Waals surface area contributed by atoms with Crippen molar-refractivity contribution in [3.8, 4) is 0 Å². The Morgan fingerprint density at radius 3 is 2.41 bits per heavy atom. The largest absolute Gasteiger partial charge is 0.339 e. The molecule has 2 fully saturated rings. The van der Waals surface area contributed by atoms with Gasteiger partial charge in [-0.15, -0.1) is 12.4 Å². The smallest absolute Gasteiger partial charge is 0.253 e. The van der Waals surface area contributed by atoms with Crippen molar-refractivity contribution >= 4 is 34.2 Å². The summed E-state index contributed by atoms with van der Waals surface area (Å²) in [6, 6.07) is 5.89. The van der Waals surface area contributed by atoms with Gasteiger partial charge in [-0.3, -0.25) is 4.79 Å². The molecule has 3 nitrogen and oxygen atoms in total. The van der Waals surface area contributed by atoms with Gasteiger partial charge in [0.1, 0.15) is 0 Å². The maximum atomic E-state index is 12.6. The third-order valence-corrected chi connectivity index (χ3v) is 6.07. The molecule has 0 aromatic heterocycles. The van der Waals surface area contributed by atoms with Gasteiger partial charge in [-0.2, -0.15) is 0 Å². The number of carbonyl (C=O) groups excluding carboxylic acids is 1. The zero-order chi connectivity index (χ0) is 14.9. The van der Waals surface area contributed by atoms with E-state index in [9.17, 15) is 4.79 Å². The molecule has 0 bridgehead atoms. The van der Waals surface area contributed by atoms with Crippen LogP contribution in [0.3, 0.4) is 0 Å². The second-order valence-corrected chi connectivity index (χ2v) is 7.36. The Morgan fingerprint density at radius 1 is 1.18 bits per heavy atom. The lowest BCUT2D eigenvalue weighted by atomic mass is 9.71. The van der Waals surface area contributed by atoms with Crippen LogP contribution in [0.4, 0.5) is 0 Å². The van der Waals surface area contributed by atoms with E-state index in [4.69, 9.17) is 0 Å². The lowest BCUT2D eigenvalue weighted by Gasteiger charge is -2.44. The summed E-state index contributed by atoms with van der Waals surface area (Å²) >= 11 is 3.49. The molecule has 122 valence electrons. The van der Waals surface area contributed by atoms with E-state index in [1.807, 2.05) is 30.0 Å². The van der Waals surface area contributed by atoms with Crippen LogP contribution in [0.15, 0.2) is 22.7 Å². The second-order valence-electron chi connectivity index (χ2n) is 6.51. The molecule has 1 amide bonds. The number of benzene rings is 1. The fourth-order valence-electron chi connectivity index (χ4n) is 3.60. The van der Waals surface area contributed by atoms with Crippen LogP contribution in [-0.4, -0.2) is 37.0 Å². The summed E-state index contributed by atoms with van der Waals surface area (Å²) in [6.45, 7) is 6.13. The Morgan fingerprint density at radius 2 is 1.82 bits per heavy atom. The fraction of sp³-hybridized carbons (Fsp3) is 0.588. The number of carbonyl (C=O) groups is 1. The van der Waals surface area contributed by atoms with E-state index in [1.54, 1.807) is 0 Å². The minimum atomic E-state index is 0. The van der Waals surface area contributed by atoms with Crippen molar-refractivity contribution in [2.45, 2.75) is 32.6 Å². The highest BCUT2D eigenvalue weighted by atomic mass is 79.9. The van der Waals surface area contributed by atoms with Gasteiger partial charge >= 0.3 is 0 Å². The van der Waals surface area contributed by atoms with Crippen molar-refractivity contribution in [1.29, 1.82) is 0 Å². The normalized spacial score (nSPS) is 20.5. The highest BCUT2D eigenvalue weighted by molar-refractivity contribution is 9.10. The number of hydrogen-bond acceptors (Lipinski definition) is 2. The van der Waals surface area contributed by atoms with Crippen LogP contribution in [-0.2, 0) is 0 Å². The zero-order valence-electron chi connectivity index (χ0n) is 13.0. The maximum absolute atomic E-state index is 12.6. The predicted molar refractivity (Wildman–Crippen MR) is 95.8 cm³/mol. The number of nitrogens with one attached hydrogen (secondary N) is 1. The first-order chi connectivity index (χ1) is 10.1. The Labute approximate surface area is 147 Å². The number of amides is 1. The number of aryl methyl sites for hydroxylation is 1. The molecule has 2 saturated heterocycles. The van der Waals surface area contributed by atoms with Gasteiger partial charge in [0.2, 0.25) is 0 Å². The van der Waals surface area contributed by atoms with Crippen molar-refractivity contribution in [2.24, 2.45) is 5.41 Å². The number of rotatable bonds is 1. The molecular weight excluding hydrogens is 364 g/mol. The second kappa shape index (κ2) is 7.33. The number of nitrogens with zero attached hydrogens (tertiary/aromatic N) is 1. The van der Waals surface area contributed by atoms with Crippen LogP contribution in [0, 0.1) is 12.3 Å². The van der Waals surface area contributed by atoms with Crippen molar-refractivity contribution in [2.75, 3.05) is 26.2 Å². The summed E-state index contributed by atoms with van der Waals surface area (Å²) in [5.74, 6) is 0.189. The minimum absolute atomic E-state index is 0. The SMILES string of the molecule is Cc1cc(C(=O)N2CCC3(CCNCC3)CC2)ccc1Br.Cl. The summed E-state index contributed by atoms with van der Waals surface area (Å²) in [5, 5.41) is 3.44. The number of likely N-dealkylation sites (tertiary alicyclic amines) is 1. The van der Waals surface area contributed by atoms with E-state index >= 15 is 0 Å². The summed E-state index contributed by atoms with van der Waals surface area (Å²) in [7, 11) is 0. The molecule has 0 aliphatic carbocycles. The molecule has 0 atom stereocenters. The van der Waals surface area contributed by atoms with Crippen molar-refractivity contribution < 1.29 is 4.79 Å². The molecule has 1 aromatic carbocycles. The lowest BCUT2D eigenvalue weighted by molar-refractivity contribution is 0.0495. The molecule has 3 rings (SSSR count). The first kappa shape index (κ1) is 17.8. The standard InChI is InChI=1S/C17H23BrN2O.ClH/c1-13-12-14(2-3-15(13)18)16(21)20-10-6-17(7-11-20)4-8-19-9-5-17;/h2-3,12,19H,4-11H2,1H3;1H. The molecule has 22 heavy (non-hydrogen) atoms. The van der Waals surface area contributed by atoms with Crippen LogP contribution in [0.2, 0.25) is 0 Å². The minimum Gasteiger partial charge on any atom is -0.339 e. The predicted octanol–water partition coefficient (Wildman–Crippen LogP) is 3.79. The highest BCUT2D eigenvalue weighted by Crippen LogP contribution is 2.39. The van der Waals surface area contributed by atoms with Gasteiger partial charge in [0.25, 0.3) is 5.91 Å². The fourth-order valence-corrected chi connectivity index (χ4v) is 3.85. The topological polar surface area (TPSA) is 32.3 Å². The molecule has 2 aliphatic heterocycles. The van der Waals surface area contributed by atoms with E-state index in [0.717, 1.165) is 54.6 Å². The van der Waals surface area contributed by atoms with Gasteiger partial charge in [0, 0.05) is 23.1 Å². The van der Waals surface area contributed by atoms with E-state index in [-0.39, 0.29) is 18.3 Å².